The fourth-order valence-corrected chi connectivity index (χ4v) is 5.04. The minimum atomic E-state index is -0.260. The third-order valence-corrected chi connectivity index (χ3v) is 6.52. The van der Waals surface area contributed by atoms with Gasteiger partial charge in [-0.15, -0.1) is 0 Å². The molecule has 1 amide bonds. The SMILES string of the molecule is CC1CCCN(C(=O)C2CCN(c3nc4c(F)cccc4s3)CC2)C1. The summed E-state index contributed by atoms with van der Waals surface area (Å²) in [7, 11) is 0. The van der Waals surface area contributed by atoms with Crippen LogP contribution < -0.4 is 4.90 Å². The number of para-hydroxylation sites is 1. The Bertz CT molecular complexity index is 769. The van der Waals surface area contributed by atoms with Gasteiger partial charge in [-0.2, -0.15) is 0 Å². The Hall–Kier alpha value is -1.69. The van der Waals surface area contributed by atoms with Crippen molar-refractivity contribution in [1.82, 2.24) is 9.88 Å². The summed E-state index contributed by atoms with van der Waals surface area (Å²) in [4.78, 5) is 21.5. The lowest BCUT2D eigenvalue weighted by Gasteiger charge is -2.37. The molecular formula is C19H24FN3OS. The fourth-order valence-electron chi connectivity index (χ4n) is 4.00. The van der Waals surface area contributed by atoms with Crippen molar-refractivity contribution in [3.8, 4) is 0 Å². The lowest BCUT2D eigenvalue weighted by atomic mass is 9.93. The number of thiazole rings is 1. The molecule has 2 aliphatic heterocycles. The molecule has 2 aromatic rings. The molecule has 6 heteroatoms. The van der Waals surface area contributed by atoms with Crippen molar-refractivity contribution in [2.75, 3.05) is 31.1 Å². The van der Waals surface area contributed by atoms with Crippen LogP contribution in [0, 0.1) is 17.7 Å². The number of rotatable bonds is 2. The molecule has 25 heavy (non-hydrogen) atoms. The van der Waals surface area contributed by atoms with Crippen LogP contribution in [-0.4, -0.2) is 42.0 Å². The minimum Gasteiger partial charge on any atom is -0.348 e. The van der Waals surface area contributed by atoms with E-state index >= 15 is 0 Å². The normalized spacial score (nSPS) is 22.6. The summed E-state index contributed by atoms with van der Waals surface area (Å²) in [6, 6.07) is 5.09. The Labute approximate surface area is 151 Å². The van der Waals surface area contributed by atoms with Gasteiger partial charge in [-0.1, -0.05) is 24.3 Å². The zero-order valence-electron chi connectivity index (χ0n) is 14.6. The molecule has 0 bridgehead atoms. The third-order valence-electron chi connectivity index (χ3n) is 5.44. The highest BCUT2D eigenvalue weighted by molar-refractivity contribution is 7.22. The number of carbonyl (C=O) groups excluding carboxylic acids is 1. The highest BCUT2D eigenvalue weighted by Gasteiger charge is 2.31. The van der Waals surface area contributed by atoms with E-state index in [-0.39, 0.29) is 11.7 Å². The van der Waals surface area contributed by atoms with E-state index in [2.05, 4.69) is 21.7 Å². The summed E-state index contributed by atoms with van der Waals surface area (Å²) in [6.07, 6.45) is 4.09. The predicted molar refractivity (Wildman–Crippen MR) is 99.5 cm³/mol. The first-order valence-electron chi connectivity index (χ1n) is 9.20. The molecule has 4 rings (SSSR count). The van der Waals surface area contributed by atoms with Crippen LogP contribution >= 0.6 is 11.3 Å². The van der Waals surface area contributed by atoms with Crippen molar-refractivity contribution in [1.29, 1.82) is 0 Å². The van der Waals surface area contributed by atoms with Crippen LogP contribution in [-0.2, 0) is 4.79 Å². The Morgan fingerprint density at radius 3 is 2.76 bits per heavy atom. The van der Waals surface area contributed by atoms with Gasteiger partial charge in [-0.05, 0) is 43.7 Å². The number of hydrogen-bond donors (Lipinski definition) is 0. The van der Waals surface area contributed by atoms with E-state index in [9.17, 15) is 9.18 Å². The molecule has 4 nitrogen and oxygen atoms in total. The number of nitrogens with zero attached hydrogens (tertiary/aromatic N) is 3. The molecule has 2 fully saturated rings. The number of fused-ring (bicyclic) bond motifs is 1. The molecule has 1 unspecified atom stereocenters. The van der Waals surface area contributed by atoms with Gasteiger partial charge in [0.1, 0.15) is 11.3 Å². The van der Waals surface area contributed by atoms with Crippen molar-refractivity contribution in [3.05, 3.63) is 24.0 Å². The summed E-state index contributed by atoms with van der Waals surface area (Å²) in [5.74, 6) is 0.828. The highest BCUT2D eigenvalue weighted by Crippen LogP contribution is 2.33. The van der Waals surface area contributed by atoms with E-state index < -0.39 is 0 Å². The second kappa shape index (κ2) is 6.90. The average molecular weight is 361 g/mol. The summed E-state index contributed by atoms with van der Waals surface area (Å²) in [5, 5.41) is 0.873. The maximum absolute atomic E-state index is 13.8. The smallest absolute Gasteiger partial charge is 0.225 e. The van der Waals surface area contributed by atoms with Gasteiger partial charge < -0.3 is 9.80 Å². The molecule has 2 saturated heterocycles. The molecule has 1 aromatic heterocycles. The quantitative estimate of drug-likeness (QED) is 0.814. The van der Waals surface area contributed by atoms with E-state index in [4.69, 9.17) is 0 Å². The van der Waals surface area contributed by atoms with E-state index in [1.807, 2.05) is 6.07 Å². The van der Waals surface area contributed by atoms with Crippen molar-refractivity contribution in [2.24, 2.45) is 11.8 Å². The first kappa shape index (κ1) is 16.8. The largest absolute Gasteiger partial charge is 0.348 e. The molecule has 0 spiro atoms. The zero-order valence-corrected chi connectivity index (χ0v) is 15.4. The van der Waals surface area contributed by atoms with E-state index in [1.54, 1.807) is 6.07 Å². The van der Waals surface area contributed by atoms with Crippen molar-refractivity contribution in [2.45, 2.75) is 32.6 Å². The Kier molecular flexibility index (Phi) is 4.63. The lowest BCUT2D eigenvalue weighted by molar-refractivity contribution is -0.137. The van der Waals surface area contributed by atoms with Crippen LogP contribution in [0.4, 0.5) is 9.52 Å². The summed E-state index contributed by atoms with van der Waals surface area (Å²) < 4.78 is 14.7. The molecular weight excluding hydrogens is 337 g/mol. The number of amides is 1. The summed E-state index contributed by atoms with van der Waals surface area (Å²) in [5.41, 5.74) is 0.461. The molecule has 0 saturated carbocycles. The lowest BCUT2D eigenvalue weighted by Crippen LogP contribution is -2.46. The van der Waals surface area contributed by atoms with Crippen molar-refractivity contribution in [3.63, 3.8) is 0 Å². The highest BCUT2D eigenvalue weighted by atomic mass is 32.1. The van der Waals surface area contributed by atoms with E-state index in [0.29, 0.717) is 17.3 Å². The van der Waals surface area contributed by atoms with Gasteiger partial charge >= 0.3 is 0 Å². The van der Waals surface area contributed by atoms with Gasteiger partial charge in [-0.25, -0.2) is 9.37 Å². The van der Waals surface area contributed by atoms with E-state index in [1.165, 1.54) is 23.8 Å². The van der Waals surface area contributed by atoms with Crippen LogP contribution in [0.1, 0.15) is 32.6 Å². The monoisotopic (exact) mass is 361 g/mol. The average Bonchev–Trinajstić information content (AvgIpc) is 3.07. The van der Waals surface area contributed by atoms with Crippen molar-refractivity contribution < 1.29 is 9.18 Å². The number of anilines is 1. The van der Waals surface area contributed by atoms with Gasteiger partial charge in [0.05, 0.1) is 4.70 Å². The number of carbonyl (C=O) groups is 1. The standard InChI is InChI=1S/C19H24FN3OS/c1-13-4-3-9-23(12-13)18(24)14-7-10-22(11-8-14)19-21-17-15(20)5-2-6-16(17)25-19/h2,5-6,13-14H,3-4,7-12H2,1H3. The second-order valence-corrected chi connectivity index (χ2v) is 8.39. The molecule has 134 valence electrons. The molecule has 0 radical (unpaired) electrons. The van der Waals surface area contributed by atoms with Crippen molar-refractivity contribution >= 4 is 32.6 Å². The van der Waals surface area contributed by atoms with Gasteiger partial charge in [0.2, 0.25) is 5.91 Å². The van der Waals surface area contributed by atoms with Crippen LogP contribution in [0.5, 0.6) is 0 Å². The zero-order chi connectivity index (χ0) is 17.4. The number of hydrogen-bond acceptors (Lipinski definition) is 4. The van der Waals surface area contributed by atoms with Gasteiger partial charge in [-0.3, -0.25) is 4.79 Å². The number of aromatic nitrogens is 1. The Morgan fingerprint density at radius 2 is 2.04 bits per heavy atom. The first-order chi connectivity index (χ1) is 12.1. The third kappa shape index (κ3) is 3.36. The van der Waals surface area contributed by atoms with Crippen LogP contribution in [0.2, 0.25) is 0 Å². The van der Waals surface area contributed by atoms with Crippen LogP contribution in [0.3, 0.4) is 0 Å². The van der Waals surface area contributed by atoms with E-state index in [0.717, 1.165) is 55.3 Å². The second-order valence-electron chi connectivity index (χ2n) is 7.38. The molecule has 2 aliphatic rings. The Balaban J connectivity index is 1.40. The maximum Gasteiger partial charge on any atom is 0.225 e. The summed E-state index contributed by atoms with van der Waals surface area (Å²) in [6.45, 7) is 5.70. The topological polar surface area (TPSA) is 36.4 Å². The molecule has 0 N–H and O–H groups in total. The molecule has 0 aliphatic carbocycles. The molecule has 1 atom stereocenters. The predicted octanol–water partition coefficient (Wildman–Crippen LogP) is 3.91. The van der Waals surface area contributed by atoms with Gasteiger partial charge in [0.25, 0.3) is 0 Å². The Morgan fingerprint density at radius 1 is 1.24 bits per heavy atom. The van der Waals surface area contributed by atoms with Crippen LogP contribution in [0.15, 0.2) is 18.2 Å². The number of halogens is 1. The fraction of sp³-hybridized carbons (Fsp3) is 0.579. The van der Waals surface area contributed by atoms with Gasteiger partial charge in [0, 0.05) is 32.1 Å². The minimum absolute atomic E-state index is 0.132. The van der Waals surface area contributed by atoms with Crippen LogP contribution in [0.25, 0.3) is 10.2 Å². The van der Waals surface area contributed by atoms with Gasteiger partial charge in [0.15, 0.2) is 5.13 Å². The number of piperidine rings is 2. The summed E-state index contributed by atoms with van der Waals surface area (Å²) >= 11 is 1.54. The number of likely N-dealkylation sites (tertiary alicyclic amines) is 1. The molecule has 1 aromatic carbocycles. The number of benzene rings is 1. The first-order valence-corrected chi connectivity index (χ1v) is 10.0. The maximum atomic E-state index is 13.8. The molecule has 3 heterocycles.